The molecule has 0 atom stereocenters. The van der Waals surface area contributed by atoms with E-state index < -0.39 is 0 Å². The molecule has 0 saturated carbocycles. The molecule has 5 nitrogen and oxygen atoms in total. The summed E-state index contributed by atoms with van der Waals surface area (Å²) in [6, 6.07) is 7.76. The number of rotatable bonds is 3. The smallest absolute Gasteiger partial charge is 0.227 e. The average molecular weight is 271 g/mol. The van der Waals surface area contributed by atoms with Crippen LogP contribution >= 0.6 is 0 Å². The Hall–Kier alpha value is -2.14. The van der Waals surface area contributed by atoms with Crippen LogP contribution in [0.5, 0.6) is 0 Å². The van der Waals surface area contributed by atoms with Gasteiger partial charge in [-0.3, -0.25) is 4.79 Å². The summed E-state index contributed by atoms with van der Waals surface area (Å²) in [4.78, 5) is 19.2. The maximum absolute atomic E-state index is 12.2. The zero-order chi connectivity index (χ0) is 13.8. The van der Waals surface area contributed by atoms with Gasteiger partial charge in [0.05, 0.1) is 18.2 Å². The van der Waals surface area contributed by atoms with E-state index in [-0.39, 0.29) is 11.8 Å². The number of carbonyl (C=O) groups excluding carboxylic acids is 1. The summed E-state index contributed by atoms with van der Waals surface area (Å²) in [7, 11) is 0. The zero-order valence-electron chi connectivity index (χ0n) is 11.1. The van der Waals surface area contributed by atoms with Crippen LogP contribution in [0.3, 0.4) is 0 Å². The Bertz CT molecular complexity index is 575. The van der Waals surface area contributed by atoms with Gasteiger partial charge in [0.15, 0.2) is 0 Å². The number of aromatic nitrogens is 2. The predicted octanol–water partition coefficient (Wildman–Crippen LogP) is 2.44. The molecule has 1 aromatic carbocycles. The lowest BCUT2D eigenvalue weighted by Gasteiger charge is -2.21. The van der Waals surface area contributed by atoms with Crippen molar-refractivity contribution in [2.24, 2.45) is 5.92 Å². The largest absolute Gasteiger partial charge is 0.381 e. The Labute approximate surface area is 117 Å². The van der Waals surface area contributed by atoms with Crippen LogP contribution < -0.4 is 5.32 Å². The Kier molecular flexibility index (Phi) is 3.78. The molecule has 2 aromatic rings. The molecule has 1 saturated heterocycles. The van der Waals surface area contributed by atoms with Gasteiger partial charge >= 0.3 is 0 Å². The van der Waals surface area contributed by atoms with Crippen molar-refractivity contribution in [3.05, 3.63) is 36.8 Å². The number of aromatic amines is 1. The van der Waals surface area contributed by atoms with Gasteiger partial charge in [0.25, 0.3) is 0 Å². The molecule has 104 valence electrons. The van der Waals surface area contributed by atoms with Gasteiger partial charge in [-0.2, -0.15) is 0 Å². The minimum atomic E-state index is 0.0551. The lowest BCUT2D eigenvalue weighted by molar-refractivity contribution is -0.122. The van der Waals surface area contributed by atoms with Crippen LogP contribution in [0.2, 0.25) is 0 Å². The van der Waals surface area contributed by atoms with Gasteiger partial charge < -0.3 is 15.0 Å². The molecule has 0 bridgehead atoms. The first kappa shape index (κ1) is 12.9. The summed E-state index contributed by atoms with van der Waals surface area (Å²) in [5.74, 6) is 0.134. The number of anilines is 1. The van der Waals surface area contributed by atoms with Crippen molar-refractivity contribution in [1.29, 1.82) is 0 Å². The van der Waals surface area contributed by atoms with Crippen molar-refractivity contribution in [2.45, 2.75) is 12.8 Å². The zero-order valence-corrected chi connectivity index (χ0v) is 11.1. The lowest BCUT2D eigenvalue weighted by atomic mass is 9.99. The number of hydrogen-bond acceptors (Lipinski definition) is 3. The summed E-state index contributed by atoms with van der Waals surface area (Å²) >= 11 is 0. The Morgan fingerprint density at radius 2 is 2.20 bits per heavy atom. The number of carbonyl (C=O) groups is 1. The molecule has 0 spiro atoms. The summed E-state index contributed by atoms with van der Waals surface area (Å²) in [5.41, 5.74) is 2.76. The standard InChI is InChI=1S/C15H17N3O2/c19-15(11-4-6-20-7-5-11)18-13-3-1-2-12(8-13)14-9-16-10-17-14/h1-3,8-11H,4-7H2,(H,16,17)(H,18,19). The second kappa shape index (κ2) is 5.88. The second-order valence-electron chi connectivity index (χ2n) is 4.92. The fourth-order valence-corrected chi connectivity index (χ4v) is 2.38. The minimum absolute atomic E-state index is 0.0551. The molecule has 1 aromatic heterocycles. The second-order valence-corrected chi connectivity index (χ2v) is 4.92. The van der Waals surface area contributed by atoms with Gasteiger partial charge in [-0.25, -0.2) is 4.98 Å². The van der Waals surface area contributed by atoms with Crippen LogP contribution in [-0.2, 0) is 9.53 Å². The number of ether oxygens (including phenoxy) is 1. The van der Waals surface area contributed by atoms with Crippen LogP contribution in [-0.4, -0.2) is 29.1 Å². The monoisotopic (exact) mass is 271 g/mol. The Balaban J connectivity index is 1.71. The highest BCUT2D eigenvalue weighted by molar-refractivity contribution is 5.93. The third kappa shape index (κ3) is 2.88. The van der Waals surface area contributed by atoms with Crippen LogP contribution in [0.15, 0.2) is 36.8 Å². The van der Waals surface area contributed by atoms with Crippen LogP contribution in [0.4, 0.5) is 5.69 Å². The van der Waals surface area contributed by atoms with Crippen molar-refractivity contribution in [1.82, 2.24) is 9.97 Å². The Morgan fingerprint density at radius 1 is 1.35 bits per heavy atom. The number of hydrogen-bond donors (Lipinski definition) is 2. The minimum Gasteiger partial charge on any atom is -0.381 e. The third-order valence-electron chi connectivity index (χ3n) is 3.53. The van der Waals surface area contributed by atoms with Gasteiger partial charge in [0, 0.05) is 30.4 Å². The fourth-order valence-electron chi connectivity index (χ4n) is 2.38. The van der Waals surface area contributed by atoms with Crippen LogP contribution in [0, 0.1) is 5.92 Å². The van der Waals surface area contributed by atoms with E-state index in [0.29, 0.717) is 13.2 Å². The van der Waals surface area contributed by atoms with E-state index in [4.69, 9.17) is 4.74 Å². The number of H-pyrrole nitrogens is 1. The first-order valence-corrected chi connectivity index (χ1v) is 6.80. The number of amides is 1. The van der Waals surface area contributed by atoms with Crippen LogP contribution in [0.25, 0.3) is 11.3 Å². The first-order valence-electron chi connectivity index (χ1n) is 6.80. The van der Waals surface area contributed by atoms with Crippen LogP contribution in [0.1, 0.15) is 12.8 Å². The molecule has 0 radical (unpaired) electrons. The normalized spacial score (nSPS) is 16.0. The van der Waals surface area contributed by atoms with E-state index in [1.807, 2.05) is 24.3 Å². The van der Waals surface area contributed by atoms with Crippen molar-refractivity contribution < 1.29 is 9.53 Å². The third-order valence-corrected chi connectivity index (χ3v) is 3.53. The van der Waals surface area contributed by atoms with E-state index in [0.717, 1.165) is 29.8 Å². The number of nitrogens with one attached hydrogen (secondary N) is 2. The molecule has 1 aliphatic heterocycles. The van der Waals surface area contributed by atoms with Crippen molar-refractivity contribution in [3.8, 4) is 11.3 Å². The summed E-state index contributed by atoms with van der Waals surface area (Å²) in [6.45, 7) is 1.35. The lowest BCUT2D eigenvalue weighted by Crippen LogP contribution is -2.28. The molecular formula is C15H17N3O2. The van der Waals surface area contributed by atoms with Gasteiger partial charge in [-0.05, 0) is 25.0 Å². The van der Waals surface area contributed by atoms with E-state index in [1.165, 1.54) is 0 Å². The van der Waals surface area contributed by atoms with Crippen molar-refractivity contribution in [3.63, 3.8) is 0 Å². The maximum Gasteiger partial charge on any atom is 0.227 e. The van der Waals surface area contributed by atoms with Gasteiger partial charge in [0.1, 0.15) is 0 Å². The van der Waals surface area contributed by atoms with Crippen molar-refractivity contribution >= 4 is 11.6 Å². The molecule has 2 heterocycles. The van der Waals surface area contributed by atoms with Gasteiger partial charge in [0.2, 0.25) is 5.91 Å². The van der Waals surface area contributed by atoms with E-state index in [9.17, 15) is 4.79 Å². The summed E-state index contributed by atoms with van der Waals surface area (Å²) < 4.78 is 5.28. The molecule has 5 heteroatoms. The number of benzene rings is 1. The molecule has 2 N–H and O–H groups in total. The average Bonchev–Trinajstić information content (AvgIpc) is 3.03. The molecular weight excluding hydrogens is 254 g/mol. The molecule has 1 amide bonds. The van der Waals surface area contributed by atoms with Crippen molar-refractivity contribution in [2.75, 3.05) is 18.5 Å². The molecule has 0 unspecified atom stereocenters. The molecule has 0 aliphatic carbocycles. The molecule has 20 heavy (non-hydrogen) atoms. The topological polar surface area (TPSA) is 67.0 Å². The van der Waals surface area contributed by atoms with E-state index in [2.05, 4.69) is 15.3 Å². The van der Waals surface area contributed by atoms with E-state index in [1.54, 1.807) is 12.5 Å². The van der Waals surface area contributed by atoms with Gasteiger partial charge in [-0.1, -0.05) is 12.1 Å². The molecule has 1 aliphatic rings. The number of nitrogens with zero attached hydrogens (tertiary/aromatic N) is 1. The Morgan fingerprint density at radius 3 is 2.95 bits per heavy atom. The highest BCUT2D eigenvalue weighted by atomic mass is 16.5. The maximum atomic E-state index is 12.2. The summed E-state index contributed by atoms with van der Waals surface area (Å²) in [5, 5.41) is 2.99. The first-order chi connectivity index (χ1) is 9.83. The number of imidazole rings is 1. The summed E-state index contributed by atoms with van der Waals surface area (Å²) in [6.07, 6.45) is 5.00. The highest BCUT2D eigenvalue weighted by Crippen LogP contribution is 2.22. The quantitative estimate of drug-likeness (QED) is 0.901. The van der Waals surface area contributed by atoms with E-state index >= 15 is 0 Å². The highest BCUT2D eigenvalue weighted by Gasteiger charge is 2.21. The molecule has 1 fully saturated rings. The predicted molar refractivity (Wildman–Crippen MR) is 76.2 cm³/mol. The SMILES string of the molecule is O=C(Nc1cccc(-c2cnc[nH]2)c1)C1CCOCC1. The molecule has 3 rings (SSSR count). The fraction of sp³-hybridized carbons (Fsp3) is 0.333. The van der Waals surface area contributed by atoms with Gasteiger partial charge in [-0.15, -0.1) is 0 Å².